The van der Waals surface area contributed by atoms with Gasteiger partial charge in [0.2, 0.25) is 11.9 Å². The largest absolute Gasteiger partial charge is 0.378 e. The lowest BCUT2D eigenvalue weighted by molar-refractivity contribution is -0.134. The molecule has 0 saturated carbocycles. The lowest BCUT2D eigenvalue weighted by Gasteiger charge is -2.36. The predicted octanol–water partition coefficient (Wildman–Crippen LogP) is 3.68. The fourth-order valence-electron chi connectivity index (χ4n) is 4.49. The van der Waals surface area contributed by atoms with Gasteiger partial charge in [0.15, 0.2) is 5.16 Å². The van der Waals surface area contributed by atoms with Crippen LogP contribution >= 0.6 is 11.8 Å². The Bertz CT molecular complexity index is 896. The van der Waals surface area contributed by atoms with Crippen molar-refractivity contribution < 1.29 is 9.53 Å². The molecule has 2 atom stereocenters. The van der Waals surface area contributed by atoms with Crippen LogP contribution in [-0.2, 0) is 9.53 Å². The summed E-state index contributed by atoms with van der Waals surface area (Å²) in [6.07, 6.45) is 4.44. The van der Waals surface area contributed by atoms with Crippen LogP contribution in [0.15, 0.2) is 29.4 Å². The zero-order valence-corrected chi connectivity index (χ0v) is 19.6. The van der Waals surface area contributed by atoms with Gasteiger partial charge < -0.3 is 14.5 Å². The fourth-order valence-corrected chi connectivity index (χ4v) is 5.41. The molecule has 1 aromatic carbocycles. The first-order valence-corrected chi connectivity index (χ1v) is 12.3. The number of carbonyl (C=O) groups excluding carboxylic acids is 1. The summed E-state index contributed by atoms with van der Waals surface area (Å²) in [4.78, 5) is 17.6. The number of hydrogen-bond acceptors (Lipinski definition) is 6. The molecule has 3 heterocycles. The van der Waals surface area contributed by atoms with E-state index in [9.17, 15) is 4.79 Å². The average Bonchev–Trinajstić information content (AvgIpc) is 3.22. The number of aryl methyl sites for hydroxylation is 1. The fraction of sp³-hybridized carbons (Fsp3) is 0.609. The Morgan fingerprint density at radius 2 is 1.97 bits per heavy atom. The van der Waals surface area contributed by atoms with E-state index >= 15 is 0 Å². The van der Waals surface area contributed by atoms with E-state index in [1.165, 1.54) is 18.2 Å². The molecule has 0 spiro atoms. The maximum absolute atomic E-state index is 13.3. The normalized spacial score (nSPS) is 20.7. The van der Waals surface area contributed by atoms with Crippen molar-refractivity contribution in [1.29, 1.82) is 0 Å². The topological polar surface area (TPSA) is 63.5 Å². The molecule has 0 N–H and O–H groups in total. The number of aromatic nitrogens is 3. The number of benzene rings is 1. The molecule has 7 nitrogen and oxygen atoms in total. The monoisotopic (exact) mass is 443 g/mol. The van der Waals surface area contributed by atoms with Crippen LogP contribution in [0.25, 0.3) is 5.69 Å². The SMILES string of the molecule is CCC1CCCCN1C(=O)C(C)Sc1nnc(N2CCOCC2)n1-c1ccccc1C. The Labute approximate surface area is 189 Å². The molecule has 0 aliphatic carbocycles. The van der Waals surface area contributed by atoms with Crippen LogP contribution in [0.1, 0.15) is 45.1 Å². The van der Waals surface area contributed by atoms with Crippen LogP contribution in [0.2, 0.25) is 0 Å². The van der Waals surface area contributed by atoms with Gasteiger partial charge in [0.25, 0.3) is 0 Å². The van der Waals surface area contributed by atoms with Gasteiger partial charge in [-0.1, -0.05) is 36.9 Å². The molecule has 4 rings (SSSR count). The number of anilines is 1. The first-order chi connectivity index (χ1) is 15.1. The molecule has 0 bridgehead atoms. The van der Waals surface area contributed by atoms with E-state index in [0.717, 1.165) is 61.3 Å². The van der Waals surface area contributed by atoms with E-state index < -0.39 is 0 Å². The summed E-state index contributed by atoms with van der Waals surface area (Å²) in [7, 11) is 0. The number of para-hydroxylation sites is 1. The summed E-state index contributed by atoms with van der Waals surface area (Å²) in [6.45, 7) is 10.1. The third-order valence-corrected chi connectivity index (χ3v) is 7.31. The molecular formula is C23H33N5O2S. The number of ether oxygens (including phenoxy) is 1. The number of morpholine rings is 1. The smallest absolute Gasteiger partial charge is 0.236 e. The van der Waals surface area contributed by atoms with Crippen molar-refractivity contribution in [3.05, 3.63) is 29.8 Å². The first-order valence-electron chi connectivity index (χ1n) is 11.4. The van der Waals surface area contributed by atoms with E-state index in [-0.39, 0.29) is 11.2 Å². The minimum atomic E-state index is -0.211. The summed E-state index contributed by atoms with van der Waals surface area (Å²) in [5.74, 6) is 1.04. The molecule has 2 unspecified atom stereocenters. The molecule has 2 aliphatic heterocycles. The Kier molecular flexibility index (Phi) is 7.17. The molecule has 168 valence electrons. The van der Waals surface area contributed by atoms with Gasteiger partial charge in [0.1, 0.15) is 0 Å². The molecule has 2 aliphatic rings. The Morgan fingerprint density at radius 3 is 2.71 bits per heavy atom. The molecular weight excluding hydrogens is 410 g/mol. The zero-order valence-electron chi connectivity index (χ0n) is 18.8. The maximum Gasteiger partial charge on any atom is 0.236 e. The third kappa shape index (κ3) is 4.75. The molecule has 2 aromatic rings. The van der Waals surface area contributed by atoms with Gasteiger partial charge >= 0.3 is 0 Å². The summed E-state index contributed by atoms with van der Waals surface area (Å²) < 4.78 is 7.64. The number of rotatable bonds is 6. The van der Waals surface area contributed by atoms with Gasteiger partial charge in [-0.05, 0) is 51.2 Å². The van der Waals surface area contributed by atoms with Gasteiger partial charge in [0.05, 0.1) is 24.2 Å². The zero-order chi connectivity index (χ0) is 21.8. The standard InChI is InChI=1S/C23H33N5O2S/c1-4-19-10-7-8-12-27(19)21(29)18(3)31-23-25-24-22(26-13-15-30-16-14-26)28(23)20-11-6-5-9-17(20)2/h5-6,9,11,18-19H,4,7-8,10,12-16H2,1-3H3. The van der Waals surface area contributed by atoms with Crippen molar-refractivity contribution >= 4 is 23.6 Å². The molecule has 0 radical (unpaired) electrons. The van der Waals surface area contributed by atoms with Crippen molar-refractivity contribution in [2.75, 3.05) is 37.7 Å². The summed E-state index contributed by atoms with van der Waals surface area (Å²) >= 11 is 1.51. The molecule has 1 aromatic heterocycles. The van der Waals surface area contributed by atoms with Crippen LogP contribution < -0.4 is 4.90 Å². The number of likely N-dealkylation sites (tertiary alicyclic amines) is 1. The highest BCUT2D eigenvalue weighted by Crippen LogP contribution is 2.32. The van der Waals surface area contributed by atoms with Crippen molar-refractivity contribution in [1.82, 2.24) is 19.7 Å². The quantitative estimate of drug-likeness (QED) is 0.635. The van der Waals surface area contributed by atoms with Crippen LogP contribution in [-0.4, -0.2) is 69.7 Å². The Hall–Kier alpha value is -2.06. The Balaban J connectivity index is 1.62. The summed E-state index contributed by atoms with van der Waals surface area (Å²) in [5, 5.41) is 9.64. The first kappa shape index (κ1) is 22.1. The van der Waals surface area contributed by atoms with Crippen molar-refractivity contribution in [2.24, 2.45) is 0 Å². The molecule has 31 heavy (non-hydrogen) atoms. The second-order valence-corrected chi connectivity index (χ2v) is 9.66. The van der Waals surface area contributed by atoms with Crippen molar-refractivity contribution in [3.63, 3.8) is 0 Å². The number of thioether (sulfide) groups is 1. The van der Waals surface area contributed by atoms with Gasteiger partial charge in [-0.3, -0.25) is 9.36 Å². The van der Waals surface area contributed by atoms with Crippen LogP contribution in [0, 0.1) is 6.92 Å². The number of piperidine rings is 1. The minimum Gasteiger partial charge on any atom is -0.378 e. The van der Waals surface area contributed by atoms with E-state index in [4.69, 9.17) is 4.74 Å². The highest BCUT2D eigenvalue weighted by atomic mass is 32.2. The van der Waals surface area contributed by atoms with E-state index in [2.05, 4.69) is 50.5 Å². The number of nitrogens with zero attached hydrogens (tertiary/aromatic N) is 5. The van der Waals surface area contributed by atoms with Crippen LogP contribution in [0.4, 0.5) is 5.95 Å². The van der Waals surface area contributed by atoms with E-state index in [1.807, 2.05) is 19.1 Å². The van der Waals surface area contributed by atoms with E-state index in [1.54, 1.807) is 0 Å². The molecule has 2 saturated heterocycles. The summed E-state index contributed by atoms with van der Waals surface area (Å²) in [6, 6.07) is 8.63. The van der Waals surface area contributed by atoms with Gasteiger partial charge in [0, 0.05) is 25.7 Å². The highest BCUT2D eigenvalue weighted by Gasteiger charge is 2.31. The Morgan fingerprint density at radius 1 is 1.19 bits per heavy atom. The number of hydrogen-bond donors (Lipinski definition) is 0. The molecule has 2 fully saturated rings. The lowest BCUT2D eigenvalue weighted by Crippen LogP contribution is -2.46. The van der Waals surface area contributed by atoms with Crippen LogP contribution in [0.5, 0.6) is 0 Å². The number of amides is 1. The highest BCUT2D eigenvalue weighted by molar-refractivity contribution is 8.00. The predicted molar refractivity (Wildman–Crippen MR) is 124 cm³/mol. The minimum absolute atomic E-state index is 0.211. The van der Waals surface area contributed by atoms with Gasteiger partial charge in [-0.2, -0.15) is 0 Å². The second-order valence-electron chi connectivity index (χ2n) is 8.35. The number of carbonyl (C=O) groups is 1. The third-order valence-electron chi connectivity index (χ3n) is 6.28. The second kappa shape index (κ2) is 10.0. The lowest BCUT2D eigenvalue weighted by atomic mass is 10.00. The van der Waals surface area contributed by atoms with Crippen LogP contribution in [0.3, 0.4) is 0 Å². The maximum atomic E-state index is 13.3. The van der Waals surface area contributed by atoms with Gasteiger partial charge in [-0.25, -0.2) is 0 Å². The molecule has 8 heteroatoms. The summed E-state index contributed by atoms with van der Waals surface area (Å²) in [5.41, 5.74) is 2.21. The average molecular weight is 444 g/mol. The van der Waals surface area contributed by atoms with Crippen molar-refractivity contribution in [3.8, 4) is 5.69 Å². The molecule has 1 amide bonds. The van der Waals surface area contributed by atoms with Gasteiger partial charge in [-0.15, -0.1) is 10.2 Å². The van der Waals surface area contributed by atoms with E-state index in [0.29, 0.717) is 19.3 Å². The van der Waals surface area contributed by atoms with Crippen molar-refractivity contribution in [2.45, 2.75) is 62.9 Å².